The number of ether oxygens (including phenoxy) is 1. The molecule has 1 saturated heterocycles. The number of hydrogen-bond donors (Lipinski definition) is 2. The third-order valence-corrected chi connectivity index (χ3v) is 2.11. The van der Waals surface area contributed by atoms with Crippen LogP contribution in [-0.2, 0) is 11.3 Å². The van der Waals surface area contributed by atoms with Gasteiger partial charge in [-0.25, -0.2) is 4.79 Å². The van der Waals surface area contributed by atoms with Crippen molar-refractivity contribution in [3.63, 3.8) is 0 Å². The summed E-state index contributed by atoms with van der Waals surface area (Å²) in [6, 6.07) is 3.30. The average Bonchev–Trinajstić information content (AvgIpc) is 2.66. The van der Waals surface area contributed by atoms with Crippen LogP contribution in [0, 0.1) is 0 Å². The van der Waals surface area contributed by atoms with Crippen molar-refractivity contribution in [3.05, 3.63) is 23.7 Å². The Hall–Kier alpha value is -1.49. The summed E-state index contributed by atoms with van der Waals surface area (Å²) in [6.07, 6.45) is 0.257. The van der Waals surface area contributed by atoms with Crippen LogP contribution in [0.15, 0.2) is 16.5 Å². The predicted molar refractivity (Wildman–Crippen MR) is 46.5 cm³/mol. The minimum Gasteiger partial charge on any atom is -0.461 e. The number of rotatable bonds is 2. The van der Waals surface area contributed by atoms with Gasteiger partial charge < -0.3 is 19.6 Å². The van der Waals surface area contributed by atoms with E-state index in [2.05, 4.69) is 5.32 Å². The topological polar surface area (TPSA) is 71.7 Å². The highest BCUT2D eigenvalue weighted by atomic mass is 16.6. The molecule has 1 fully saturated rings. The molecule has 1 aliphatic rings. The molecular formula is C9H11NO4. The van der Waals surface area contributed by atoms with Gasteiger partial charge in [0, 0.05) is 6.42 Å². The lowest BCUT2D eigenvalue weighted by atomic mass is 10.1. The molecule has 5 heteroatoms. The van der Waals surface area contributed by atoms with Gasteiger partial charge in [-0.3, -0.25) is 0 Å². The summed E-state index contributed by atoms with van der Waals surface area (Å²) in [5, 5.41) is 11.4. The average molecular weight is 197 g/mol. The molecule has 0 aromatic carbocycles. The number of cyclic esters (lactones) is 1. The molecule has 76 valence electrons. The molecule has 1 amide bonds. The number of aliphatic hydroxyl groups excluding tert-OH is 1. The molecule has 2 heterocycles. The molecule has 1 aliphatic heterocycles. The number of alkyl carbamates (subject to hydrolysis) is 1. The smallest absolute Gasteiger partial charge is 0.407 e. The largest absolute Gasteiger partial charge is 0.461 e. The maximum Gasteiger partial charge on any atom is 0.407 e. The Kier molecular flexibility index (Phi) is 2.41. The summed E-state index contributed by atoms with van der Waals surface area (Å²) in [6.45, 7) is 0.267. The zero-order valence-corrected chi connectivity index (χ0v) is 7.53. The number of carbonyl (C=O) groups excluding carboxylic acids is 1. The molecule has 1 aromatic heterocycles. The molecular weight excluding hydrogens is 186 g/mol. The van der Waals surface area contributed by atoms with Crippen molar-refractivity contribution >= 4 is 6.09 Å². The summed E-state index contributed by atoms with van der Waals surface area (Å²) in [7, 11) is 0. The maximum absolute atomic E-state index is 10.9. The van der Waals surface area contributed by atoms with Crippen molar-refractivity contribution in [1.29, 1.82) is 0 Å². The van der Waals surface area contributed by atoms with Crippen molar-refractivity contribution in [2.45, 2.75) is 19.1 Å². The highest BCUT2D eigenvalue weighted by molar-refractivity contribution is 5.68. The summed E-state index contributed by atoms with van der Waals surface area (Å²) in [4.78, 5) is 10.9. The molecule has 0 spiro atoms. The molecule has 2 N–H and O–H groups in total. The molecule has 0 aliphatic carbocycles. The summed E-state index contributed by atoms with van der Waals surface area (Å²) < 4.78 is 10.0. The first-order valence-corrected chi connectivity index (χ1v) is 4.42. The van der Waals surface area contributed by atoms with Gasteiger partial charge in [-0.05, 0) is 12.1 Å². The van der Waals surface area contributed by atoms with Crippen LogP contribution in [0.25, 0.3) is 0 Å². The second-order valence-corrected chi connectivity index (χ2v) is 3.08. The van der Waals surface area contributed by atoms with Gasteiger partial charge in [0.2, 0.25) is 0 Å². The van der Waals surface area contributed by atoms with Gasteiger partial charge in [-0.1, -0.05) is 0 Å². The Balaban J connectivity index is 2.09. The lowest BCUT2D eigenvalue weighted by molar-refractivity contribution is 0.110. The van der Waals surface area contributed by atoms with Crippen LogP contribution < -0.4 is 5.32 Å². The number of amides is 1. The van der Waals surface area contributed by atoms with Crippen molar-refractivity contribution in [2.24, 2.45) is 0 Å². The van der Waals surface area contributed by atoms with Gasteiger partial charge in [0.05, 0.1) is 12.6 Å². The van der Waals surface area contributed by atoms with E-state index in [1.165, 1.54) is 0 Å². The molecule has 0 radical (unpaired) electrons. The van der Waals surface area contributed by atoms with E-state index >= 15 is 0 Å². The Morgan fingerprint density at radius 1 is 1.57 bits per heavy atom. The zero-order chi connectivity index (χ0) is 9.97. The highest BCUT2D eigenvalue weighted by Crippen LogP contribution is 2.22. The van der Waals surface area contributed by atoms with Crippen LogP contribution in [-0.4, -0.2) is 17.8 Å². The quantitative estimate of drug-likeness (QED) is 0.740. The molecule has 0 unspecified atom stereocenters. The number of hydrogen-bond acceptors (Lipinski definition) is 4. The maximum atomic E-state index is 10.9. The van der Waals surface area contributed by atoms with Crippen molar-refractivity contribution in [2.75, 3.05) is 6.61 Å². The minimum absolute atomic E-state index is 0.128. The Morgan fingerprint density at radius 2 is 2.43 bits per heavy atom. The first kappa shape index (κ1) is 9.08. The van der Waals surface area contributed by atoms with Crippen LogP contribution in [0.2, 0.25) is 0 Å². The van der Waals surface area contributed by atoms with E-state index in [0.29, 0.717) is 24.5 Å². The number of carbonyl (C=O) groups is 1. The fourth-order valence-corrected chi connectivity index (χ4v) is 1.41. The van der Waals surface area contributed by atoms with Crippen LogP contribution >= 0.6 is 0 Å². The molecule has 1 aromatic rings. The van der Waals surface area contributed by atoms with Crippen LogP contribution in [0.5, 0.6) is 0 Å². The SMILES string of the molecule is O=C1N[C@@H](c2ccc(CO)o2)CCO1. The van der Waals surface area contributed by atoms with Crippen molar-refractivity contribution in [3.8, 4) is 0 Å². The van der Waals surface area contributed by atoms with Gasteiger partial charge in [-0.15, -0.1) is 0 Å². The van der Waals surface area contributed by atoms with E-state index in [4.69, 9.17) is 14.3 Å². The van der Waals surface area contributed by atoms with E-state index in [-0.39, 0.29) is 12.6 Å². The van der Waals surface area contributed by atoms with Crippen molar-refractivity contribution < 1.29 is 19.1 Å². The van der Waals surface area contributed by atoms with Crippen LogP contribution in [0.3, 0.4) is 0 Å². The van der Waals surface area contributed by atoms with E-state index < -0.39 is 6.09 Å². The second-order valence-electron chi connectivity index (χ2n) is 3.08. The molecule has 0 bridgehead atoms. The summed E-state index contributed by atoms with van der Waals surface area (Å²) in [5.74, 6) is 1.16. The fraction of sp³-hybridized carbons (Fsp3) is 0.444. The molecule has 1 atom stereocenters. The number of aliphatic hydroxyl groups is 1. The fourth-order valence-electron chi connectivity index (χ4n) is 1.41. The number of furan rings is 1. The van der Waals surface area contributed by atoms with E-state index in [1.807, 2.05) is 0 Å². The molecule has 5 nitrogen and oxygen atoms in total. The molecule has 0 saturated carbocycles. The predicted octanol–water partition coefficient (Wildman–Crippen LogP) is 0.943. The monoisotopic (exact) mass is 197 g/mol. The first-order chi connectivity index (χ1) is 6.79. The Bertz CT molecular complexity index is 333. The lowest BCUT2D eigenvalue weighted by Crippen LogP contribution is -2.35. The standard InChI is InChI=1S/C9H11NO4/c11-5-6-1-2-8(14-6)7-3-4-13-9(12)10-7/h1-2,7,11H,3-5H2,(H,10,12)/t7-/m1/s1. The second kappa shape index (κ2) is 3.71. The first-order valence-electron chi connectivity index (χ1n) is 4.42. The minimum atomic E-state index is -0.428. The van der Waals surface area contributed by atoms with Crippen LogP contribution in [0.4, 0.5) is 4.79 Å². The summed E-state index contributed by atoms with van der Waals surface area (Å²) in [5.41, 5.74) is 0. The van der Waals surface area contributed by atoms with Crippen molar-refractivity contribution in [1.82, 2.24) is 5.32 Å². The van der Waals surface area contributed by atoms with Gasteiger partial charge in [0.15, 0.2) is 0 Å². The van der Waals surface area contributed by atoms with Gasteiger partial charge >= 0.3 is 6.09 Å². The third kappa shape index (κ3) is 1.72. The number of nitrogens with one attached hydrogen (secondary N) is 1. The van der Waals surface area contributed by atoms with Gasteiger partial charge in [0.25, 0.3) is 0 Å². The third-order valence-electron chi connectivity index (χ3n) is 2.11. The zero-order valence-electron chi connectivity index (χ0n) is 7.53. The van der Waals surface area contributed by atoms with E-state index in [1.54, 1.807) is 12.1 Å². The van der Waals surface area contributed by atoms with Gasteiger partial charge in [-0.2, -0.15) is 0 Å². The Labute approximate surface area is 80.7 Å². The normalized spacial score (nSPS) is 21.5. The van der Waals surface area contributed by atoms with Crippen LogP contribution in [0.1, 0.15) is 24.0 Å². The lowest BCUT2D eigenvalue weighted by Gasteiger charge is -2.21. The van der Waals surface area contributed by atoms with Gasteiger partial charge in [0.1, 0.15) is 18.1 Å². The molecule has 2 rings (SSSR count). The molecule has 14 heavy (non-hydrogen) atoms. The Morgan fingerprint density at radius 3 is 3.07 bits per heavy atom. The highest BCUT2D eigenvalue weighted by Gasteiger charge is 2.23. The van der Waals surface area contributed by atoms with E-state index in [9.17, 15) is 4.79 Å². The van der Waals surface area contributed by atoms with E-state index in [0.717, 1.165) is 0 Å². The summed E-state index contributed by atoms with van der Waals surface area (Å²) >= 11 is 0.